The fraction of sp³-hybridized carbons (Fsp3) is 0.227. The monoisotopic (exact) mass is 377 g/mol. The summed E-state index contributed by atoms with van der Waals surface area (Å²) in [6, 6.07) is 18.9. The number of amides is 1. The molecule has 2 N–H and O–H groups in total. The van der Waals surface area contributed by atoms with Gasteiger partial charge in [-0.05, 0) is 24.6 Å². The van der Waals surface area contributed by atoms with Gasteiger partial charge >= 0.3 is 0 Å². The molecule has 0 saturated carbocycles. The van der Waals surface area contributed by atoms with Crippen LogP contribution < -0.4 is 15.6 Å². The Hall–Kier alpha value is -3.25. The van der Waals surface area contributed by atoms with Crippen LogP contribution in [0.1, 0.15) is 27.3 Å². The van der Waals surface area contributed by atoms with Crippen LogP contribution in [0, 0.1) is 6.92 Å². The predicted molar refractivity (Wildman–Crippen MR) is 109 cm³/mol. The molecule has 0 fully saturated rings. The number of hydrogen-bond acceptors (Lipinski definition) is 3. The van der Waals surface area contributed by atoms with E-state index >= 15 is 0 Å². The molecule has 0 radical (unpaired) electrons. The van der Waals surface area contributed by atoms with Crippen LogP contribution in [0.15, 0.2) is 65.5 Å². The van der Waals surface area contributed by atoms with E-state index in [0.717, 1.165) is 17.8 Å². The highest BCUT2D eigenvalue weighted by Gasteiger charge is 2.16. The number of carbonyl (C=O) groups excluding carboxylic acids is 1. The van der Waals surface area contributed by atoms with Crippen molar-refractivity contribution in [1.29, 1.82) is 0 Å². The van der Waals surface area contributed by atoms with E-state index in [1.54, 1.807) is 11.6 Å². The zero-order chi connectivity index (χ0) is 20.1. The number of rotatable bonds is 6. The first kappa shape index (κ1) is 19.5. The number of hydrogen-bond donors (Lipinski definition) is 2. The maximum atomic E-state index is 12.7. The minimum Gasteiger partial charge on any atom is -0.346 e. The second-order valence-electron chi connectivity index (χ2n) is 7.08. The largest absolute Gasteiger partial charge is 0.346 e. The smallest absolute Gasteiger partial charge is 0.276 e. The van der Waals surface area contributed by atoms with Crippen molar-refractivity contribution in [1.82, 2.24) is 15.1 Å². The first-order valence-corrected chi connectivity index (χ1v) is 9.26. The number of quaternary nitrogens is 1. The van der Waals surface area contributed by atoms with Gasteiger partial charge in [0.25, 0.3) is 5.91 Å². The SMILES string of the molecule is Cc1cc(=O)c(C(=O)NCc2ccccc2C[NH+](C)C)nn1-c1ccccc1. The van der Waals surface area contributed by atoms with E-state index in [1.807, 2.05) is 48.5 Å². The summed E-state index contributed by atoms with van der Waals surface area (Å²) in [7, 11) is 4.16. The molecule has 144 valence electrons. The summed E-state index contributed by atoms with van der Waals surface area (Å²) in [5, 5.41) is 7.16. The molecular formula is C22H25N4O2+. The van der Waals surface area contributed by atoms with Gasteiger partial charge in [-0.25, -0.2) is 4.68 Å². The molecule has 0 aliphatic carbocycles. The third-order valence-corrected chi connectivity index (χ3v) is 4.43. The molecule has 1 amide bonds. The highest BCUT2D eigenvalue weighted by molar-refractivity contribution is 5.92. The number of aryl methyl sites for hydroxylation is 1. The lowest BCUT2D eigenvalue weighted by molar-refractivity contribution is -0.872. The number of aromatic nitrogens is 2. The summed E-state index contributed by atoms with van der Waals surface area (Å²) in [5.41, 5.74) is 3.19. The van der Waals surface area contributed by atoms with Crippen LogP contribution in [0.4, 0.5) is 0 Å². The van der Waals surface area contributed by atoms with Crippen molar-refractivity contribution in [2.75, 3.05) is 14.1 Å². The van der Waals surface area contributed by atoms with Crippen molar-refractivity contribution in [2.45, 2.75) is 20.0 Å². The van der Waals surface area contributed by atoms with Crippen LogP contribution in [0.25, 0.3) is 5.69 Å². The van der Waals surface area contributed by atoms with Gasteiger partial charge in [0.2, 0.25) is 5.43 Å². The van der Waals surface area contributed by atoms with Crippen molar-refractivity contribution >= 4 is 5.91 Å². The van der Waals surface area contributed by atoms with Gasteiger partial charge in [-0.15, -0.1) is 0 Å². The fourth-order valence-corrected chi connectivity index (χ4v) is 3.08. The molecule has 0 spiro atoms. The standard InChI is InChI=1S/C22H24N4O2/c1-16-13-20(27)21(24-26(16)19-11-5-4-6-12-19)22(28)23-14-17-9-7-8-10-18(17)15-25(2)3/h4-13H,14-15H2,1-3H3,(H,23,28)/p+1. The first-order valence-electron chi connectivity index (χ1n) is 9.26. The van der Waals surface area contributed by atoms with Gasteiger partial charge in [0.05, 0.1) is 19.8 Å². The van der Waals surface area contributed by atoms with E-state index in [9.17, 15) is 9.59 Å². The van der Waals surface area contributed by atoms with Gasteiger partial charge in [-0.3, -0.25) is 9.59 Å². The van der Waals surface area contributed by atoms with E-state index in [1.165, 1.54) is 16.5 Å². The Morgan fingerprint density at radius 2 is 1.68 bits per heavy atom. The van der Waals surface area contributed by atoms with Gasteiger partial charge in [0.15, 0.2) is 5.69 Å². The van der Waals surface area contributed by atoms with E-state index in [2.05, 4.69) is 30.6 Å². The highest BCUT2D eigenvalue weighted by atomic mass is 16.2. The zero-order valence-corrected chi connectivity index (χ0v) is 16.4. The van der Waals surface area contributed by atoms with Crippen molar-refractivity contribution < 1.29 is 9.69 Å². The Kier molecular flexibility index (Phi) is 6.01. The van der Waals surface area contributed by atoms with Crippen LogP contribution in [0.2, 0.25) is 0 Å². The Morgan fingerprint density at radius 1 is 1.04 bits per heavy atom. The molecule has 0 aliphatic heterocycles. The van der Waals surface area contributed by atoms with Crippen LogP contribution in [0.5, 0.6) is 0 Å². The van der Waals surface area contributed by atoms with E-state index in [-0.39, 0.29) is 11.1 Å². The molecule has 3 rings (SSSR count). The minimum atomic E-state index is -0.471. The van der Waals surface area contributed by atoms with Gasteiger partial charge in [0, 0.05) is 23.9 Å². The molecule has 0 bridgehead atoms. The Bertz CT molecular complexity index is 1030. The summed E-state index contributed by atoms with van der Waals surface area (Å²) < 4.78 is 1.61. The second-order valence-corrected chi connectivity index (χ2v) is 7.08. The maximum absolute atomic E-state index is 12.7. The first-order chi connectivity index (χ1) is 13.5. The quantitative estimate of drug-likeness (QED) is 0.676. The minimum absolute atomic E-state index is 0.106. The van der Waals surface area contributed by atoms with Crippen molar-refractivity contribution in [3.63, 3.8) is 0 Å². The Labute approximate surface area is 164 Å². The number of nitrogens with one attached hydrogen (secondary N) is 2. The van der Waals surface area contributed by atoms with Gasteiger partial charge < -0.3 is 10.2 Å². The molecule has 0 unspecified atom stereocenters. The summed E-state index contributed by atoms with van der Waals surface area (Å²) in [6.45, 7) is 3.00. The van der Waals surface area contributed by atoms with Gasteiger partial charge in [-0.2, -0.15) is 5.10 Å². The summed E-state index contributed by atoms with van der Waals surface area (Å²) >= 11 is 0. The third kappa shape index (κ3) is 4.53. The molecule has 3 aromatic rings. The molecule has 1 heterocycles. The average molecular weight is 377 g/mol. The number of nitrogens with zero attached hydrogens (tertiary/aromatic N) is 2. The van der Waals surface area contributed by atoms with E-state index in [4.69, 9.17) is 0 Å². The maximum Gasteiger partial charge on any atom is 0.276 e. The highest BCUT2D eigenvalue weighted by Crippen LogP contribution is 2.09. The van der Waals surface area contributed by atoms with Crippen molar-refractivity contribution in [3.8, 4) is 5.69 Å². The van der Waals surface area contributed by atoms with Crippen LogP contribution in [0.3, 0.4) is 0 Å². The van der Waals surface area contributed by atoms with Crippen LogP contribution >= 0.6 is 0 Å². The molecule has 1 aromatic heterocycles. The molecular weight excluding hydrogens is 352 g/mol. The lowest BCUT2D eigenvalue weighted by Gasteiger charge is -2.13. The summed E-state index contributed by atoms with van der Waals surface area (Å²) in [4.78, 5) is 26.3. The van der Waals surface area contributed by atoms with Crippen LogP contribution in [-0.4, -0.2) is 29.8 Å². The van der Waals surface area contributed by atoms with E-state index in [0.29, 0.717) is 12.2 Å². The summed E-state index contributed by atoms with van der Waals surface area (Å²) in [5.74, 6) is -0.471. The van der Waals surface area contributed by atoms with Crippen LogP contribution in [-0.2, 0) is 13.1 Å². The van der Waals surface area contributed by atoms with Crippen molar-refractivity contribution in [2.24, 2.45) is 0 Å². The molecule has 0 atom stereocenters. The Balaban J connectivity index is 1.83. The third-order valence-electron chi connectivity index (χ3n) is 4.43. The Morgan fingerprint density at radius 3 is 2.36 bits per heavy atom. The topological polar surface area (TPSA) is 68.4 Å². The molecule has 0 saturated heterocycles. The van der Waals surface area contributed by atoms with Gasteiger partial charge in [0.1, 0.15) is 6.54 Å². The second kappa shape index (κ2) is 8.63. The molecule has 6 nitrogen and oxygen atoms in total. The van der Waals surface area contributed by atoms with E-state index < -0.39 is 5.91 Å². The number of para-hydroxylation sites is 1. The summed E-state index contributed by atoms with van der Waals surface area (Å²) in [6.07, 6.45) is 0. The molecule has 6 heteroatoms. The zero-order valence-electron chi connectivity index (χ0n) is 16.4. The normalized spacial score (nSPS) is 10.9. The average Bonchev–Trinajstić information content (AvgIpc) is 2.67. The molecule has 2 aromatic carbocycles. The lowest BCUT2D eigenvalue weighted by Crippen LogP contribution is -3.04. The number of benzene rings is 2. The molecule has 0 aliphatic rings. The van der Waals surface area contributed by atoms with Gasteiger partial charge in [-0.1, -0.05) is 42.5 Å². The molecule has 28 heavy (non-hydrogen) atoms. The predicted octanol–water partition coefficient (Wildman–Crippen LogP) is 1.12. The lowest BCUT2D eigenvalue weighted by atomic mass is 10.1. The fourth-order valence-electron chi connectivity index (χ4n) is 3.08. The van der Waals surface area contributed by atoms with Crippen molar-refractivity contribution in [3.05, 3.63) is 93.4 Å². The number of carbonyl (C=O) groups is 1.